The van der Waals surface area contributed by atoms with Crippen molar-refractivity contribution in [3.05, 3.63) is 46.7 Å². The van der Waals surface area contributed by atoms with Gasteiger partial charge in [-0.2, -0.15) is 5.10 Å². The molecule has 8 heteroatoms. The molecule has 0 saturated carbocycles. The molecule has 128 valence electrons. The van der Waals surface area contributed by atoms with E-state index in [0.717, 1.165) is 18.4 Å². The molecule has 0 spiro atoms. The molecule has 3 N–H and O–H groups in total. The minimum absolute atomic E-state index is 0.000447. The molecular formula is C16H18ClN3O3S. The van der Waals surface area contributed by atoms with E-state index < -0.39 is 15.9 Å². The third kappa shape index (κ3) is 2.65. The molecule has 24 heavy (non-hydrogen) atoms. The second-order valence-electron chi connectivity index (χ2n) is 6.50. The van der Waals surface area contributed by atoms with E-state index in [1.807, 2.05) is 0 Å². The number of aromatic amines is 1. The number of halogens is 1. The number of benzene rings is 1. The fraction of sp³-hybridized carbons (Fsp3) is 0.438. The average molecular weight is 368 g/mol. The van der Waals surface area contributed by atoms with Gasteiger partial charge in [0.05, 0.1) is 22.5 Å². The van der Waals surface area contributed by atoms with Gasteiger partial charge in [-0.3, -0.25) is 5.10 Å². The monoisotopic (exact) mass is 367 g/mol. The van der Waals surface area contributed by atoms with Crippen molar-refractivity contribution >= 4 is 21.4 Å². The maximum atomic E-state index is 12.7. The molecule has 2 aliphatic rings. The molecule has 4 atom stereocenters. The first kappa shape index (κ1) is 16.1. The highest BCUT2D eigenvalue weighted by Crippen LogP contribution is 2.42. The lowest BCUT2D eigenvalue weighted by Gasteiger charge is -2.43. The zero-order chi connectivity index (χ0) is 16.9. The van der Waals surface area contributed by atoms with Crippen molar-refractivity contribution in [2.75, 3.05) is 5.75 Å². The number of fused-ring (bicyclic) bond motifs is 4. The number of rotatable bonds is 3. The van der Waals surface area contributed by atoms with Crippen LogP contribution >= 0.6 is 11.6 Å². The highest BCUT2D eigenvalue weighted by molar-refractivity contribution is 7.91. The first-order valence-corrected chi connectivity index (χ1v) is 9.94. The van der Waals surface area contributed by atoms with Crippen LogP contribution in [0.1, 0.15) is 36.2 Å². The van der Waals surface area contributed by atoms with E-state index in [0.29, 0.717) is 10.7 Å². The van der Waals surface area contributed by atoms with Gasteiger partial charge in [0.15, 0.2) is 9.84 Å². The minimum atomic E-state index is -3.44. The molecule has 1 saturated heterocycles. The molecule has 1 fully saturated rings. The Kier molecular flexibility index (Phi) is 3.91. The Hall–Kier alpha value is -1.41. The lowest BCUT2D eigenvalue weighted by Crippen LogP contribution is -2.52. The van der Waals surface area contributed by atoms with Crippen LogP contribution in [-0.4, -0.2) is 35.5 Å². The van der Waals surface area contributed by atoms with E-state index in [1.165, 1.54) is 12.1 Å². The Labute approximate surface area is 145 Å². The van der Waals surface area contributed by atoms with Crippen molar-refractivity contribution in [1.29, 1.82) is 0 Å². The summed E-state index contributed by atoms with van der Waals surface area (Å²) in [5, 5.41) is 21.3. The van der Waals surface area contributed by atoms with Crippen LogP contribution in [0.25, 0.3) is 0 Å². The summed E-state index contributed by atoms with van der Waals surface area (Å²) in [5.74, 6) is -0.159. The number of hydrogen-bond donors (Lipinski definition) is 3. The average Bonchev–Trinajstić information content (AvgIpc) is 3.04. The number of piperidine rings is 1. The zero-order valence-corrected chi connectivity index (χ0v) is 14.4. The lowest BCUT2D eigenvalue weighted by atomic mass is 9.78. The van der Waals surface area contributed by atoms with Crippen molar-refractivity contribution in [2.24, 2.45) is 5.92 Å². The number of sulfone groups is 1. The van der Waals surface area contributed by atoms with Crippen LogP contribution in [0, 0.1) is 5.92 Å². The highest BCUT2D eigenvalue weighted by Gasteiger charge is 2.44. The summed E-state index contributed by atoms with van der Waals surface area (Å²) in [4.78, 5) is 0.265. The van der Waals surface area contributed by atoms with Crippen LogP contribution in [0.3, 0.4) is 0 Å². The number of nitrogens with one attached hydrogen (secondary N) is 2. The second-order valence-corrected chi connectivity index (χ2v) is 8.97. The van der Waals surface area contributed by atoms with Gasteiger partial charge in [0.2, 0.25) is 0 Å². The fourth-order valence-corrected chi connectivity index (χ4v) is 5.62. The molecule has 0 amide bonds. The Morgan fingerprint density at radius 3 is 2.75 bits per heavy atom. The summed E-state index contributed by atoms with van der Waals surface area (Å²) in [6.07, 6.45) is 2.54. The zero-order valence-electron chi connectivity index (χ0n) is 12.8. The molecule has 6 nitrogen and oxygen atoms in total. The number of aromatic nitrogens is 2. The van der Waals surface area contributed by atoms with Gasteiger partial charge in [0.1, 0.15) is 6.10 Å². The minimum Gasteiger partial charge on any atom is -0.385 e. The summed E-state index contributed by atoms with van der Waals surface area (Å²) in [6, 6.07) is 6.05. The summed E-state index contributed by atoms with van der Waals surface area (Å²) in [7, 11) is -3.44. The van der Waals surface area contributed by atoms with E-state index in [1.54, 1.807) is 18.3 Å². The van der Waals surface area contributed by atoms with Gasteiger partial charge in [-0.1, -0.05) is 11.6 Å². The standard InChI is InChI=1S/C16H18ClN3O3S/c17-10-2-4-11(5-3-10)24(22,23)8-9-1-6-13-12-7-18-20-15(12)16(21)14(9)19-13/h2-5,7,9,13-14,16,19,21H,1,6,8H2,(H,18,20). The van der Waals surface area contributed by atoms with Crippen LogP contribution in [0.2, 0.25) is 5.02 Å². The van der Waals surface area contributed by atoms with Gasteiger partial charge >= 0.3 is 0 Å². The van der Waals surface area contributed by atoms with Crippen molar-refractivity contribution in [2.45, 2.75) is 35.9 Å². The topological polar surface area (TPSA) is 95.1 Å². The Bertz CT molecular complexity index is 850. The molecule has 0 aliphatic carbocycles. The first-order valence-electron chi connectivity index (χ1n) is 7.91. The molecule has 2 bridgehead atoms. The molecule has 2 aromatic rings. The lowest BCUT2D eigenvalue weighted by molar-refractivity contribution is 0.0544. The Balaban J connectivity index is 1.59. The van der Waals surface area contributed by atoms with E-state index in [9.17, 15) is 13.5 Å². The summed E-state index contributed by atoms with van der Waals surface area (Å²) < 4.78 is 25.4. The number of aliphatic hydroxyl groups excluding tert-OH is 1. The smallest absolute Gasteiger partial charge is 0.178 e. The predicted octanol–water partition coefficient (Wildman–Crippen LogP) is 1.99. The van der Waals surface area contributed by atoms with Crippen LogP contribution in [-0.2, 0) is 9.84 Å². The van der Waals surface area contributed by atoms with Gasteiger partial charge in [-0.15, -0.1) is 0 Å². The molecule has 4 unspecified atom stereocenters. The highest BCUT2D eigenvalue weighted by atomic mass is 35.5. The van der Waals surface area contributed by atoms with Crippen LogP contribution in [0.5, 0.6) is 0 Å². The molecule has 2 aliphatic heterocycles. The summed E-state index contributed by atoms with van der Waals surface area (Å²) >= 11 is 5.83. The number of nitrogens with zero attached hydrogens (tertiary/aromatic N) is 1. The van der Waals surface area contributed by atoms with Crippen LogP contribution in [0.4, 0.5) is 0 Å². The third-order valence-electron chi connectivity index (χ3n) is 5.04. The number of H-pyrrole nitrogens is 1. The van der Waals surface area contributed by atoms with E-state index >= 15 is 0 Å². The van der Waals surface area contributed by atoms with Crippen LogP contribution < -0.4 is 5.32 Å². The normalized spacial score (nSPS) is 29.2. The van der Waals surface area contributed by atoms with Crippen LogP contribution in [0.15, 0.2) is 35.4 Å². The number of aliphatic hydroxyl groups is 1. The maximum absolute atomic E-state index is 12.7. The SMILES string of the molecule is O=S(=O)(CC1CCC2NC1C(O)c1[nH]ncc12)c1ccc(Cl)cc1. The van der Waals surface area contributed by atoms with Crippen molar-refractivity contribution in [3.63, 3.8) is 0 Å². The molecule has 1 aromatic carbocycles. The molecule has 1 aromatic heterocycles. The van der Waals surface area contributed by atoms with Crippen molar-refractivity contribution < 1.29 is 13.5 Å². The van der Waals surface area contributed by atoms with Gasteiger partial charge in [-0.25, -0.2) is 8.42 Å². The van der Waals surface area contributed by atoms with Gasteiger partial charge < -0.3 is 10.4 Å². The Morgan fingerprint density at radius 2 is 2.00 bits per heavy atom. The summed E-state index contributed by atoms with van der Waals surface area (Å²) in [6.45, 7) is 0. The second kappa shape index (κ2) is 5.84. The summed E-state index contributed by atoms with van der Waals surface area (Å²) in [5.41, 5.74) is 1.69. The van der Waals surface area contributed by atoms with Gasteiger partial charge in [0, 0.05) is 22.7 Å². The fourth-order valence-electron chi connectivity index (χ4n) is 3.81. The van der Waals surface area contributed by atoms with E-state index in [2.05, 4.69) is 15.5 Å². The molecule has 3 heterocycles. The van der Waals surface area contributed by atoms with Crippen molar-refractivity contribution in [3.8, 4) is 0 Å². The molecule has 4 rings (SSSR count). The largest absolute Gasteiger partial charge is 0.385 e. The van der Waals surface area contributed by atoms with Gasteiger partial charge in [0.25, 0.3) is 0 Å². The Morgan fingerprint density at radius 1 is 1.25 bits per heavy atom. The van der Waals surface area contributed by atoms with E-state index in [4.69, 9.17) is 11.6 Å². The van der Waals surface area contributed by atoms with E-state index in [-0.39, 0.29) is 28.6 Å². The predicted molar refractivity (Wildman–Crippen MR) is 89.4 cm³/mol. The third-order valence-corrected chi connectivity index (χ3v) is 7.15. The number of hydrogen-bond acceptors (Lipinski definition) is 5. The molecule has 0 radical (unpaired) electrons. The maximum Gasteiger partial charge on any atom is 0.178 e. The van der Waals surface area contributed by atoms with Crippen molar-refractivity contribution in [1.82, 2.24) is 15.5 Å². The van der Waals surface area contributed by atoms with Gasteiger partial charge in [-0.05, 0) is 43.0 Å². The molecular weight excluding hydrogens is 350 g/mol. The first-order chi connectivity index (χ1) is 11.5. The quantitative estimate of drug-likeness (QED) is 0.771.